The van der Waals surface area contributed by atoms with Gasteiger partial charge in [-0.1, -0.05) is 18.5 Å². The maximum atomic E-state index is 11.7. The topological polar surface area (TPSA) is 41.1 Å². The molecular formula is C11H15BrCl2N2O. The van der Waals surface area contributed by atoms with Crippen LogP contribution in [-0.4, -0.2) is 25.5 Å². The van der Waals surface area contributed by atoms with E-state index in [0.29, 0.717) is 17.1 Å². The zero-order valence-corrected chi connectivity index (χ0v) is 12.6. The normalized spacial score (nSPS) is 9.59. The molecule has 1 aromatic rings. The molecular weight excluding hydrogens is 327 g/mol. The highest BCUT2D eigenvalue weighted by atomic mass is 79.9. The molecule has 0 spiro atoms. The highest BCUT2D eigenvalue weighted by molar-refractivity contribution is 9.10. The highest BCUT2D eigenvalue weighted by Gasteiger charge is 2.06. The van der Waals surface area contributed by atoms with Crippen molar-refractivity contribution in [3.8, 4) is 0 Å². The van der Waals surface area contributed by atoms with Crippen LogP contribution in [-0.2, 0) is 0 Å². The molecule has 0 aromatic heterocycles. The molecule has 96 valence electrons. The summed E-state index contributed by atoms with van der Waals surface area (Å²) in [6, 6.07) is 5.12. The average Bonchev–Trinajstić information content (AvgIpc) is 2.28. The van der Waals surface area contributed by atoms with Crippen LogP contribution in [0.2, 0.25) is 5.02 Å². The van der Waals surface area contributed by atoms with E-state index in [1.165, 1.54) is 0 Å². The second-order valence-electron chi connectivity index (χ2n) is 3.24. The van der Waals surface area contributed by atoms with Crippen molar-refractivity contribution >= 4 is 45.8 Å². The van der Waals surface area contributed by atoms with Gasteiger partial charge in [0.25, 0.3) is 5.91 Å². The van der Waals surface area contributed by atoms with E-state index in [4.69, 9.17) is 11.6 Å². The van der Waals surface area contributed by atoms with Crippen LogP contribution in [0.3, 0.4) is 0 Å². The molecule has 1 amide bonds. The lowest BCUT2D eigenvalue weighted by Gasteiger charge is -2.06. The largest absolute Gasteiger partial charge is 0.351 e. The summed E-state index contributed by atoms with van der Waals surface area (Å²) in [5.41, 5.74) is 0.604. The molecule has 0 fully saturated rings. The summed E-state index contributed by atoms with van der Waals surface area (Å²) in [6.07, 6.45) is 0. The Labute approximate surface area is 121 Å². The molecule has 0 bridgehead atoms. The van der Waals surface area contributed by atoms with Crippen molar-refractivity contribution in [3.05, 3.63) is 33.3 Å². The molecule has 0 heterocycles. The van der Waals surface area contributed by atoms with Crippen molar-refractivity contribution < 1.29 is 4.79 Å². The van der Waals surface area contributed by atoms with E-state index in [-0.39, 0.29) is 18.3 Å². The number of carbonyl (C=O) groups is 1. The van der Waals surface area contributed by atoms with E-state index in [1.54, 1.807) is 18.2 Å². The van der Waals surface area contributed by atoms with Crippen LogP contribution in [0.5, 0.6) is 0 Å². The van der Waals surface area contributed by atoms with Crippen LogP contribution in [0.4, 0.5) is 0 Å². The minimum Gasteiger partial charge on any atom is -0.351 e. The van der Waals surface area contributed by atoms with Crippen molar-refractivity contribution in [3.63, 3.8) is 0 Å². The van der Waals surface area contributed by atoms with Gasteiger partial charge in [0.15, 0.2) is 0 Å². The molecule has 3 nitrogen and oxygen atoms in total. The lowest BCUT2D eigenvalue weighted by atomic mass is 10.2. The molecule has 0 aliphatic rings. The summed E-state index contributed by atoms with van der Waals surface area (Å²) in [5, 5.41) is 6.55. The van der Waals surface area contributed by atoms with Crippen LogP contribution in [0.1, 0.15) is 17.3 Å². The Morgan fingerprint density at radius 2 is 2.12 bits per heavy atom. The van der Waals surface area contributed by atoms with E-state index >= 15 is 0 Å². The number of nitrogens with one attached hydrogen (secondary N) is 2. The number of hydrogen-bond acceptors (Lipinski definition) is 2. The van der Waals surface area contributed by atoms with Crippen LogP contribution in [0, 0.1) is 0 Å². The Balaban J connectivity index is 0.00000256. The summed E-state index contributed by atoms with van der Waals surface area (Å²) in [7, 11) is 0. The molecule has 1 aromatic carbocycles. The monoisotopic (exact) mass is 340 g/mol. The molecule has 0 atom stereocenters. The van der Waals surface area contributed by atoms with Crippen LogP contribution in [0.25, 0.3) is 0 Å². The standard InChI is InChI=1S/C11H14BrClN2O.ClH/c1-2-14-5-6-15-11(16)8-3-4-10(13)9(12)7-8;/h3-4,7,14H,2,5-6H2,1H3,(H,15,16);1H. The van der Waals surface area contributed by atoms with Crippen molar-refractivity contribution in [1.29, 1.82) is 0 Å². The lowest BCUT2D eigenvalue weighted by molar-refractivity contribution is 0.0954. The number of likely N-dealkylation sites (N-methyl/N-ethyl adjacent to an activating group) is 1. The van der Waals surface area contributed by atoms with Gasteiger partial charge >= 0.3 is 0 Å². The zero-order valence-electron chi connectivity index (χ0n) is 9.43. The SMILES string of the molecule is CCNCCNC(=O)c1ccc(Cl)c(Br)c1.Cl. The first kappa shape index (κ1) is 16.7. The van der Waals surface area contributed by atoms with Crippen molar-refractivity contribution in [1.82, 2.24) is 10.6 Å². The molecule has 1 rings (SSSR count). The summed E-state index contributed by atoms with van der Waals surface area (Å²) >= 11 is 9.13. The van der Waals surface area contributed by atoms with Gasteiger partial charge in [0.05, 0.1) is 5.02 Å². The molecule has 6 heteroatoms. The number of benzene rings is 1. The molecule has 0 saturated carbocycles. The molecule has 0 saturated heterocycles. The lowest BCUT2D eigenvalue weighted by Crippen LogP contribution is -2.31. The molecule has 0 aliphatic carbocycles. The minimum absolute atomic E-state index is 0. The molecule has 0 unspecified atom stereocenters. The smallest absolute Gasteiger partial charge is 0.251 e. The fourth-order valence-corrected chi connectivity index (χ4v) is 1.68. The third-order valence-corrected chi connectivity index (χ3v) is 3.23. The van der Waals surface area contributed by atoms with Gasteiger partial charge in [0, 0.05) is 23.1 Å². The van der Waals surface area contributed by atoms with E-state index in [0.717, 1.165) is 17.6 Å². The first-order valence-electron chi connectivity index (χ1n) is 5.09. The molecule has 17 heavy (non-hydrogen) atoms. The zero-order chi connectivity index (χ0) is 12.0. The maximum absolute atomic E-state index is 11.7. The Morgan fingerprint density at radius 1 is 1.41 bits per heavy atom. The number of carbonyl (C=O) groups excluding carboxylic acids is 1. The molecule has 0 aliphatic heterocycles. The number of hydrogen-bond donors (Lipinski definition) is 2. The van der Waals surface area contributed by atoms with Gasteiger partial charge in [-0.2, -0.15) is 0 Å². The average molecular weight is 342 g/mol. The number of amides is 1. The fourth-order valence-electron chi connectivity index (χ4n) is 1.18. The quantitative estimate of drug-likeness (QED) is 0.808. The summed E-state index contributed by atoms with van der Waals surface area (Å²) < 4.78 is 0.730. The number of halogens is 3. The second-order valence-corrected chi connectivity index (χ2v) is 4.50. The maximum Gasteiger partial charge on any atom is 0.251 e. The first-order valence-corrected chi connectivity index (χ1v) is 6.26. The predicted octanol–water partition coefficient (Wildman–Crippen LogP) is 2.86. The minimum atomic E-state index is -0.0877. The van der Waals surface area contributed by atoms with Gasteiger partial charge in [0.2, 0.25) is 0 Å². The summed E-state index contributed by atoms with van der Waals surface area (Å²) in [6.45, 7) is 4.32. The van der Waals surface area contributed by atoms with Gasteiger partial charge in [-0.05, 0) is 40.7 Å². The second kappa shape index (κ2) is 8.75. The predicted molar refractivity (Wildman–Crippen MR) is 77.3 cm³/mol. The van der Waals surface area contributed by atoms with Gasteiger partial charge in [-0.25, -0.2) is 0 Å². The first-order chi connectivity index (χ1) is 7.65. The van der Waals surface area contributed by atoms with Gasteiger partial charge in [-0.15, -0.1) is 12.4 Å². The van der Waals surface area contributed by atoms with E-state index in [2.05, 4.69) is 26.6 Å². The third kappa shape index (κ3) is 5.73. The van der Waals surface area contributed by atoms with Crippen LogP contribution in [0.15, 0.2) is 22.7 Å². The third-order valence-electron chi connectivity index (χ3n) is 2.02. The Bertz CT molecular complexity index is 374. The van der Waals surface area contributed by atoms with Crippen molar-refractivity contribution in [2.24, 2.45) is 0 Å². The van der Waals surface area contributed by atoms with Crippen molar-refractivity contribution in [2.45, 2.75) is 6.92 Å². The van der Waals surface area contributed by atoms with E-state index in [1.807, 2.05) is 6.92 Å². The fraction of sp³-hybridized carbons (Fsp3) is 0.364. The van der Waals surface area contributed by atoms with Crippen LogP contribution >= 0.6 is 39.9 Å². The summed E-state index contributed by atoms with van der Waals surface area (Å²) in [5.74, 6) is -0.0877. The molecule has 0 radical (unpaired) electrons. The van der Waals surface area contributed by atoms with Gasteiger partial charge in [0.1, 0.15) is 0 Å². The van der Waals surface area contributed by atoms with Crippen molar-refractivity contribution in [2.75, 3.05) is 19.6 Å². The van der Waals surface area contributed by atoms with E-state index in [9.17, 15) is 4.79 Å². The highest BCUT2D eigenvalue weighted by Crippen LogP contribution is 2.22. The Hall–Kier alpha value is -0.290. The van der Waals surface area contributed by atoms with Crippen LogP contribution < -0.4 is 10.6 Å². The number of rotatable bonds is 5. The van der Waals surface area contributed by atoms with E-state index < -0.39 is 0 Å². The molecule has 2 N–H and O–H groups in total. The summed E-state index contributed by atoms with van der Waals surface area (Å²) in [4.78, 5) is 11.7. The Morgan fingerprint density at radius 3 is 2.71 bits per heavy atom. The Kier molecular flexibility index (Phi) is 8.60. The van der Waals surface area contributed by atoms with Gasteiger partial charge < -0.3 is 10.6 Å². The van der Waals surface area contributed by atoms with Gasteiger partial charge in [-0.3, -0.25) is 4.79 Å².